The van der Waals surface area contributed by atoms with Crippen LogP contribution in [-0.4, -0.2) is 29.1 Å². The number of hydrogen-bond acceptors (Lipinski definition) is 4. The number of rotatable bonds is 7. The summed E-state index contributed by atoms with van der Waals surface area (Å²) in [6.07, 6.45) is 3.33. The molecule has 0 aliphatic rings. The molecule has 0 unspecified atom stereocenters. The van der Waals surface area contributed by atoms with Crippen molar-refractivity contribution in [1.82, 2.24) is 29.1 Å². The first kappa shape index (κ1) is 39.3. The molecule has 7 rings (SSSR count). The molecule has 272 valence electrons. The van der Waals surface area contributed by atoms with Gasteiger partial charge in [-0.1, -0.05) is 121 Å². The summed E-state index contributed by atoms with van der Waals surface area (Å²) in [6, 6.07) is 47.4. The van der Waals surface area contributed by atoms with Crippen molar-refractivity contribution < 1.29 is 42.3 Å². The first-order valence-electron chi connectivity index (χ1n) is 15.4. The van der Waals surface area contributed by atoms with Crippen molar-refractivity contribution in [1.29, 1.82) is 5.26 Å². The topological polar surface area (TPSA) is 77.2 Å². The fourth-order valence-electron chi connectivity index (χ4n) is 5.26. The van der Waals surface area contributed by atoms with Crippen molar-refractivity contribution >= 4 is 7.81 Å². The van der Waals surface area contributed by atoms with Crippen molar-refractivity contribution in [2.24, 2.45) is 7.05 Å². The predicted molar refractivity (Wildman–Crippen MR) is 188 cm³/mol. The molecule has 0 N–H and O–H groups in total. The zero-order chi connectivity index (χ0) is 36.7. The van der Waals surface area contributed by atoms with Gasteiger partial charge in [-0.2, -0.15) is 15.5 Å². The molecular weight excluding hydrogens is 751 g/mol. The summed E-state index contributed by atoms with van der Waals surface area (Å²) in [6.45, 7) is 1.43. The van der Waals surface area contributed by atoms with Crippen LogP contribution in [-0.2, 0) is 24.1 Å². The minimum Gasteiger partial charge on any atom is 1.00 e. The van der Waals surface area contributed by atoms with E-state index in [1.54, 1.807) is 6.07 Å². The van der Waals surface area contributed by atoms with Crippen molar-refractivity contribution in [3.63, 3.8) is 0 Å². The molecule has 0 spiro atoms. The van der Waals surface area contributed by atoms with E-state index in [4.69, 9.17) is 20.4 Å². The number of imidazole rings is 1. The van der Waals surface area contributed by atoms with Gasteiger partial charge in [-0.05, 0) is 23.3 Å². The fourth-order valence-corrected chi connectivity index (χ4v) is 5.26. The van der Waals surface area contributed by atoms with Crippen LogP contribution in [0.5, 0.6) is 0 Å². The Morgan fingerprint density at radius 2 is 0.904 bits per heavy atom. The molecule has 52 heavy (non-hydrogen) atoms. The Morgan fingerprint density at radius 3 is 1.19 bits per heavy atom. The second-order valence-corrected chi connectivity index (χ2v) is 13.1. The zero-order valence-corrected chi connectivity index (χ0v) is 29.4. The molecule has 0 radical (unpaired) electrons. The summed E-state index contributed by atoms with van der Waals surface area (Å²) in [5.41, 5.74) is 7.98. The van der Waals surface area contributed by atoms with E-state index < -0.39 is 14.0 Å². The predicted octanol–water partition coefficient (Wildman–Crippen LogP) is 11.5. The molecule has 0 saturated carbocycles. The molecule has 0 aliphatic heterocycles. The maximum atomic E-state index is 9.87. The quantitative estimate of drug-likeness (QED) is 0.0916. The Hall–Kier alpha value is -5.47. The van der Waals surface area contributed by atoms with Gasteiger partial charge in [0.1, 0.15) is 0 Å². The van der Waals surface area contributed by atoms with Gasteiger partial charge in [0, 0.05) is 37.5 Å². The van der Waals surface area contributed by atoms with Crippen LogP contribution in [0.1, 0.15) is 18.9 Å². The summed E-state index contributed by atoms with van der Waals surface area (Å²) in [7, 11) is -8.64. The van der Waals surface area contributed by atoms with Crippen molar-refractivity contribution in [2.45, 2.75) is 13.1 Å². The van der Waals surface area contributed by atoms with Crippen LogP contribution >= 0.6 is 7.81 Å². The molecule has 4 aromatic carbocycles. The minimum atomic E-state index is -10.7. The van der Waals surface area contributed by atoms with Gasteiger partial charge in [0.05, 0.1) is 28.8 Å². The van der Waals surface area contributed by atoms with Crippen LogP contribution in [0.4, 0.5) is 25.2 Å². The fraction of sp³-hybridized carbons (Fsp3) is 0.0811. The molecule has 0 aliphatic carbocycles. The molecular formula is C37H31CuF6N7P. The number of benzene rings is 4. The molecule has 0 fully saturated rings. The van der Waals surface area contributed by atoms with E-state index in [9.17, 15) is 25.2 Å². The van der Waals surface area contributed by atoms with E-state index in [1.807, 2.05) is 72.5 Å². The molecule has 3 heterocycles. The van der Waals surface area contributed by atoms with Crippen molar-refractivity contribution in [3.8, 4) is 51.1 Å². The molecule has 0 atom stereocenters. The molecule has 0 amide bonds. The van der Waals surface area contributed by atoms with Gasteiger partial charge in [-0.15, -0.1) is 0 Å². The smallest absolute Gasteiger partial charge is 1.00 e. The molecule has 0 saturated heterocycles. The number of hydrogen-bond donors (Lipinski definition) is 0. The van der Waals surface area contributed by atoms with Gasteiger partial charge in [-0.25, -0.2) is 14.3 Å². The summed E-state index contributed by atoms with van der Waals surface area (Å²) >= 11 is 0. The Bertz CT molecular complexity index is 2100. The van der Waals surface area contributed by atoms with Crippen LogP contribution in [0.3, 0.4) is 0 Å². The van der Waals surface area contributed by atoms with Gasteiger partial charge in [0.2, 0.25) is 6.17 Å². The third-order valence-corrected chi connectivity index (χ3v) is 7.30. The van der Waals surface area contributed by atoms with Gasteiger partial charge in [0.15, 0.2) is 5.82 Å². The van der Waals surface area contributed by atoms with E-state index in [0.717, 1.165) is 50.9 Å². The molecule has 7 aromatic rings. The van der Waals surface area contributed by atoms with E-state index in [1.165, 1.54) is 6.92 Å². The van der Waals surface area contributed by atoms with E-state index >= 15 is 0 Å². The van der Waals surface area contributed by atoms with Crippen LogP contribution < -0.4 is 0 Å². The number of nitriles is 1. The third kappa shape index (κ3) is 10.8. The zero-order valence-electron chi connectivity index (χ0n) is 27.6. The van der Waals surface area contributed by atoms with Crippen LogP contribution in [0, 0.1) is 11.3 Å². The van der Waals surface area contributed by atoms with Crippen LogP contribution in [0.2, 0.25) is 0 Å². The SMILES string of the molecule is CC#N.Cn1ccnc1C(n1nc(-c2ccccc2)cc1-c1ccccc1)n1nc(-c2ccccc2)cc1-c1ccccc1.F[P-](F)(F)(F)(F)F.[Cu+]. The van der Waals surface area contributed by atoms with Gasteiger partial charge >= 0.3 is 50.1 Å². The number of aryl methyl sites for hydroxylation is 1. The van der Waals surface area contributed by atoms with E-state index in [0.29, 0.717) is 0 Å². The van der Waals surface area contributed by atoms with Crippen molar-refractivity contribution in [2.75, 3.05) is 0 Å². The Kier molecular flexibility index (Phi) is 11.7. The van der Waals surface area contributed by atoms with E-state index in [2.05, 4.69) is 94.3 Å². The van der Waals surface area contributed by atoms with Crippen LogP contribution in [0.15, 0.2) is 146 Å². The number of nitrogens with zero attached hydrogens (tertiary/aromatic N) is 7. The third-order valence-electron chi connectivity index (χ3n) is 7.30. The maximum Gasteiger partial charge on any atom is 1.00 e. The first-order valence-corrected chi connectivity index (χ1v) is 17.4. The average molecular weight is 782 g/mol. The minimum absolute atomic E-state index is 0. The molecule has 15 heteroatoms. The first-order chi connectivity index (χ1) is 24.1. The Balaban J connectivity index is 0.000000489. The van der Waals surface area contributed by atoms with Crippen molar-refractivity contribution in [3.05, 3.63) is 152 Å². The monoisotopic (exact) mass is 781 g/mol. The summed E-state index contributed by atoms with van der Waals surface area (Å²) in [5, 5.41) is 17.8. The summed E-state index contributed by atoms with van der Waals surface area (Å²) in [5.74, 6) is 0.824. The van der Waals surface area contributed by atoms with Crippen LogP contribution in [0.25, 0.3) is 45.0 Å². The average Bonchev–Trinajstić information content (AvgIpc) is 3.85. The van der Waals surface area contributed by atoms with Gasteiger partial charge in [-0.3, -0.25) is 0 Å². The maximum absolute atomic E-state index is 10.7. The molecule has 7 nitrogen and oxygen atoms in total. The van der Waals surface area contributed by atoms with Gasteiger partial charge in [0.25, 0.3) is 0 Å². The standard InChI is InChI=1S/C35H28N6.C2H3N.Cu.F6P/c1-39-23-22-36-34(39)35(40-32(28-18-10-4-11-19-28)24-30(37-40)26-14-6-2-7-15-26)41-33(29-20-12-5-13-21-29)25-31(38-41)27-16-8-3-9-17-27;1-2-3;;1-7(2,3,4,5)6/h2-25,35H,1H3;1H3;;/q;;+1;-1. The number of halogens is 6. The largest absolute Gasteiger partial charge is 1.00 e. The Labute approximate surface area is 306 Å². The normalized spacial score (nSPS) is 12.2. The summed E-state index contributed by atoms with van der Waals surface area (Å²) < 4.78 is 65.4. The molecule has 3 aromatic heterocycles. The summed E-state index contributed by atoms with van der Waals surface area (Å²) in [4.78, 5) is 4.84. The van der Waals surface area contributed by atoms with E-state index in [-0.39, 0.29) is 17.1 Å². The number of aromatic nitrogens is 6. The Morgan fingerprint density at radius 1 is 0.596 bits per heavy atom. The second kappa shape index (κ2) is 15.4. The molecule has 0 bridgehead atoms. The van der Waals surface area contributed by atoms with Gasteiger partial charge < -0.3 is 4.57 Å². The second-order valence-electron chi connectivity index (χ2n) is 11.1.